The van der Waals surface area contributed by atoms with Crippen molar-refractivity contribution in [3.63, 3.8) is 0 Å². The number of aliphatic carboxylic acids is 1. The zero-order chi connectivity index (χ0) is 7.98. The maximum absolute atomic E-state index is 10.3. The molecule has 0 radical (unpaired) electrons. The average molecular weight is 143 g/mol. The van der Waals surface area contributed by atoms with Crippen LogP contribution in [-0.2, 0) is 14.4 Å². The van der Waals surface area contributed by atoms with Crippen LogP contribution in [0.1, 0.15) is 0 Å². The lowest BCUT2D eigenvalue weighted by molar-refractivity contribution is -0.132. The number of amides is 2. The van der Waals surface area contributed by atoms with E-state index in [2.05, 4.69) is 0 Å². The van der Waals surface area contributed by atoms with Gasteiger partial charge in [-0.15, -0.1) is 0 Å². The van der Waals surface area contributed by atoms with Gasteiger partial charge in [0.15, 0.2) is 0 Å². The third kappa shape index (κ3) is 4.51. The molecule has 2 amide bonds. The lowest BCUT2D eigenvalue weighted by Gasteiger charge is -1.84. The highest BCUT2D eigenvalue weighted by Crippen LogP contribution is 1.71. The molecule has 0 atom stereocenters. The average Bonchev–Trinajstić information content (AvgIpc) is 1.85. The summed E-state index contributed by atoms with van der Waals surface area (Å²) in [5.41, 5.74) is 0. The Kier molecular flexibility index (Phi) is 3.55. The van der Waals surface area contributed by atoms with Crippen molar-refractivity contribution in [2.75, 3.05) is 0 Å². The van der Waals surface area contributed by atoms with Crippen LogP contribution in [0.3, 0.4) is 0 Å². The van der Waals surface area contributed by atoms with Gasteiger partial charge in [0.2, 0.25) is 6.41 Å². The molecule has 54 valence electrons. The number of nitrogens with one attached hydrogen (secondary N) is 1. The van der Waals surface area contributed by atoms with Crippen molar-refractivity contribution in [2.24, 2.45) is 0 Å². The number of carboxylic acid groups (broad SMARTS) is 1. The first-order valence-electron chi connectivity index (χ1n) is 2.32. The number of carboxylic acids is 1. The smallest absolute Gasteiger partial charge is 0.328 e. The van der Waals surface area contributed by atoms with Crippen molar-refractivity contribution in [1.82, 2.24) is 5.32 Å². The summed E-state index contributed by atoms with van der Waals surface area (Å²) < 4.78 is 0. The summed E-state index contributed by atoms with van der Waals surface area (Å²) >= 11 is 0. The number of hydrogen-bond donors (Lipinski definition) is 2. The van der Waals surface area contributed by atoms with Crippen molar-refractivity contribution in [3.8, 4) is 0 Å². The van der Waals surface area contributed by atoms with Crippen LogP contribution in [0.2, 0.25) is 0 Å². The molecule has 0 aromatic rings. The second-order valence-corrected chi connectivity index (χ2v) is 1.30. The van der Waals surface area contributed by atoms with E-state index in [1.807, 2.05) is 0 Å². The minimum Gasteiger partial charge on any atom is -0.478 e. The summed E-state index contributed by atoms with van der Waals surface area (Å²) in [6, 6.07) is 0. The largest absolute Gasteiger partial charge is 0.478 e. The molecule has 0 heterocycles. The SMILES string of the molecule is O=CNC(=O)C=CC(=O)O. The molecule has 0 aliphatic heterocycles. The van der Waals surface area contributed by atoms with E-state index in [0.29, 0.717) is 6.08 Å². The van der Waals surface area contributed by atoms with E-state index in [0.717, 1.165) is 6.08 Å². The van der Waals surface area contributed by atoms with E-state index in [9.17, 15) is 14.4 Å². The molecule has 0 fully saturated rings. The Morgan fingerprint density at radius 2 is 1.90 bits per heavy atom. The van der Waals surface area contributed by atoms with E-state index in [1.54, 1.807) is 5.32 Å². The van der Waals surface area contributed by atoms with Crippen LogP contribution in [0.5, 0.6) is 0 Å². The van der Waals surface area contributed by atoms with Crippen LogP contribution in [0, 0.1) is 0 Å². The summed E-state index contributed by atoms with van der Waals surface area (Å²) in [7, 11) is 0. The van der Waals surface area contributed by atoms with Crippen LogP contribution in [0.25, 0.3) is 0 Å². The number of hydrogen-bond acceptors (Lipinski definition) is 3. The van der Waals surface area contributed by atoms with Gasteiger partial charge in [-0.3, -0.25) is 14.9 Å². The van der Waals surface area contributed by atoms with Crippen LogP contribution in [0.4, 0.5) is 0 Å². The molecule has 0 aliphatic carbocycles. The fourth-order valence-electron chi connectivity index (χ4n) is 0.253. The molecule has 0 bridgehead atoms. The van der Waals surface area contributed by atoms with Gasteiger partial charge in [-0.25, -0.2) is 4.79 Å². The lowest BCUT2D eigenvalue weighted by atomic mass is 10.5. The van der Waals surface area contributed by atoms with Crippen molar-refractivity contribution in [1.29, 1.82) is 0 Å². The predicted molar refractivity (Wildman–Crippen MR) is 31.0 cm³/mol. The van der Waals surface area contributed by atoms with Gasteiger partial charge >= 0.3 is 5.97 Å². The fourth-order valence-corrected chi connectivity index (χ4v) is 0.253. The summed E-state index contributed by atoms with van der Waals surface area (Å²) in [5.74, 6) is -1.99. The molecule has 2 N–H and O–H groups in total. The van der Waals surface area contributed by atoms with Gasteiger partial charge in [-0.2, -0.15) is 0 Å². The Morgan fingerprint density at radius 1 is 1.30 bits per heavy atom. The molecule has 0 rings (SSSR count). The van der Waals surface area contributed by atoms with E-state index in [4.69, 9.17) is 5.11 Å². The Balaban J connectivity index is 3.77. The highest BCUT2D eigenvalue weighted by atomic mass is 16.4. The van der Waals surface area contributed by atoms with Crippen molar-refractivity contribution in [3.05, 3.63) is 12.2 Å². The molecule has 0 aromatic heterocycles. The number of rotatable bonds is 3. The van der Waals surface area contributed by atoms with Crippen molar-refractivity contribution >= 4 is 18.3 Å². The second kappa shape index (κ2) is 4.25. The third-order valence-corrected chi connectivity index (χ3v) is 0.578. The molecule has 0 unspecified atom stereocenters. The normalized spacial score (nSPS) is 9.20. The predicted octanol–water partition coefficient (Wildman–Crippen LogP) is -1.10. The Labute approximate surface area is 56.3 Å². The molecular formula is C5H5NO4. The van der Waals surface area contributed by atoms with Gasteiger partial charge in [0.1, 0.15) is 0 Å². The quantitative estimate of drug-likeness (QED) is 0.388. The molecule has 0 saturated carbocycles. The molecule has 0 spiro atoms. The van der Waals surface area contributed by atoms with Crippen LogP contribution in [0.15, 0.2) is 12.2 Å². The molecule has 5 nitrogen and oxygen atoms in total. The first-order valence-corrected chi connectivity index (χ1v) is 2.32. The molecule has 0 aliphatic rings. The zero-order valence-corrected chi connectivity index (χ0v) is 4.90. The molecule has 10 heavy (non-hydrogen) atoms. The van der Waals surface area contributed by atoms with E-state index in [1.165, 1.54) is 0 Å². The van der Waals surface area contributed by atoms with Crippen LogP contribution in [-0.4, -0.2) is 23.4 Å². The minimum atomic E-state index is -1.24. The van der Waals surface area contributed by atoms with Crippen molar-refractivity contribution < 1.29 is 19.5 Å². The second-order valence-electron chi connectivity index (χ2n) is 1.30. The summed E-state index contributed by atoms with van der Waals surface area (Å²) in [6.07, 6.45) is 1.56. The number of carbonyl (C=O) groups is 3. The standard InChI is InChI=1S/C5H5NO4/c7-3-6-4(8)1-2-5(9)10/h1-3H,(H,9,10)(H,6,7,8). The Bertz CT molecular complexity index is 184. The zero-order valence-electron chi connectivity index (χ0n) is 4.90. The molecule has 5 heteroatoms. The first kappa shape index (κ1) is 8.35. The third-order valence-electron chi connectivity index (χ3n) is 0.578. The highest BCUT2D eigenvalue weighted by molar-refractivity contribution is 5.98. The fraction of sp³-hybridized carbons (Fsp3) is 0. The maximum Gasteiger partial charge on any atom is 0.328 e. The summed E-state index contributed by atoms with van der Waals surface area (Å²) in [6.45, 7) is 0. The summed E-state index contributed by atoms with van der Waals surface area (Å²) in [5, 5.41) is 9.71. The Morgan fingerprint density at radius 3 is 2.30 bits per heavy atom. The van der Waals surface area contributed by atoms with Gasteiger partial charge < -0.3 is 5.11 Å². The van der Waals surface area contributed by atoms with Crippen LogP contribution < -0.4 is 5.32 Å². The minimum absolute atomic E-state index is 0.175. The highest BCUT2D eigenvalue weighted by Gasteiger charge is 1.92. The number of imide groups is 1. The monoisotopic (exact) mass is 143 g/mol. The van der Waals surface area contributed by atoms with E-state index < -0.39 is 11.9 Å². The number of carbonyl (C=O) groups excluding carboxylic acids is 2. The van der Waals surface area contributed by atoms with Gasteiger partial charge in [0.05, 0.1) is 0 Å². The topological polar surface area (TPSA) is 83.5 Å². The van der Waals surface area contributed by atoms with Gasteiger partial charge in [0.25, 0.3) is 5.91 Å². The van der Waals surface area contributed by atoms with Crippen molar-refractivity contribution in [2.45, 2.75) is 0 Å². The van der Waals surface area contributed by atoms with Gasteiger partial charge in [-0.05, 0) is 0 Å². The van der Waals surface area contributed by atoms with E-state index >= 15 is 0 Å². The van der Waals surface area contributed by atoms with Gasteiger partial charge in [0, 0.05) is 12.2 Å². The Hall–Kier alpha value is -1.65. The maximum atomic E-state index is 10.3. The lowest BCUT2D eigenvalue weighted by Crippen LogP contribution is -2.18. The van der Waals surface area contributed by atoms with Crippen LogP contribution >= 0.6 is 0 Å². The molecular weight excluding hydrogens is 138 g/mol. The summed E-state index contributed by atoms with van der Waals surface area (Å²) in [4.78, 5) is 29.6. The van der Waals surface area contributed by atoms with E-state index in [-0.39, 0.29) is 6.41 Å². The molecule has 0 saturated heterocycles. The molecule has 0 aromatic carbocycles. The van der Waals surface area contributed by atoms with Gasteiger partial charge in [-0.1, -0.05) is 0 Å². The first-order chi connectivity index (χ1) is 4.66.